The van der Waals surface area contributed by atoms with Crippen molar-refractivity contribution >= 4 is 0 Å². The van der Waals surface area contributed by atoms with Crippen molar-refractivity contribution in [3.63, 3.8) is 0 Å². The van der Waals surface area contributed by atoms with Gasteiger partial charge in [-0.25, -0.2) is 0 Å². The Bertz CT molecular complexity index is 257. The second kappa shape index (κ2) is 6.98. The first-order chi connectivity index (χ1) is 8.09. The zero-order valence-corrected chi connectivity index (χ0v) is 11.5. The van der Waals surface area contributed by atoms with Gasteiger partial charge in [-0.3, -0.25) is 4.90 Å². The van der Waals surface area contributed by atoms with Crippen LogP contribution in [0.4, 0.5) is 0 Å². The summed E-state index contributed by atoms with van der Waals surface area (Å²) in [6.07, 6.45) is 4.52. The maximum absolute atomic E-state index is 8.95. The lowest BCUT2D eigenvalue weighted by atomic mass is 9.89. The van der Waals surface area contributed by atoms with E-state index < -0.39 is 0 Å². The van der Waals surface area contributed by atoms with Crippen molar-refractivity contribution in [1.29, 1.82) is 5.26 Å². The van der Waals surface area contributed by atoms with Crippen LogP contribution in [0, 0.1) is 16.7 Å². The molecule has 1 rings (SSSR count). The van der Waals surface area contributed by atoms with Crippen LogP contribution in [-0.4, -0.2) is 37.2 Å². The number of nitrogens with zero attached hydrogens (tertiary/aromatic N) is 2. The first-order valence-electron chi connectivity index (χ1n) is 6.82. The van der Waals surface area contributed by atoms with Gasteiger partial charge in [-0.15, -0.1) is 0 Å². The number of hydrogen-bond donors (Lipinski definition) is 0. The summed E-state index contributed by atoms with van der Waals surface area (Å²) in [5, 5.41) is 8.95. The Hall–Kier alpha value is -0.590. The molecule has 1 saturated heterocycles. The summed E-state index contributed by atoms with van der Waals surface area (Å²) in [5.74, 6) is 0. The second-order valence-corrected chi connectivity index (χ2v) is 5.63. The molecule has 0 saturated carbocycles. The first-order valence-corrected chi connectivity index (χ1v) is 6.82. The zero-order valence-electron chi connectivity index (χ0n) is 11.5. The summed E-state index contributed by atoms with van der Waals surface area (Å²) in [7, 11) is 0. The maximum atomic E-state index is 8.95. The maximum Gasteiger partial charge on any atom is 0.0683 e. The molecule has 1 aliphatic rings. The van der Waals surface area contributed by atoms with Crippen LogP contribution in [0.3, 0.4) is 0 Å². The molecule has 1 fully saturated rings. The average molecular weight is 238 g/mol. The summed E-state index contributed by atoms with van der Waals surface area (Å²) in [6.45, 7) is 10.3. The topological polar surface area (TPSA) is 36.3 Å². The molecule has 1 aliphatic heterocycles. The molecule has 0 aromatic heterocycles. The van der Waals surface area contributed by atoms with Crippen LogP contribution < -0.4 is 0 Å². The Balaban J connectivity index is 2.19. The van der Waals surface area contributed by atoms with Crippen molar-refractivity contribution in [2.75, 3.05) is 26.3 Å². The highest BCUT2D eigenvalue weighted by atomic mass is 16.5. The summed E-state index contributed by atoms with van der Waals surface area (Å²) in [6, 6.07) is 2.97. The van der Waals surface area contributed by atoms with Gasteiger partial charge >= 0.3 is 0 Å². The summed E-state index contributed by atoms with van der Waals surface area (Å²) in [5.41, 5.74) is -0.158. The normalized spacial score (nSPS) is 22.4. The lowest BCUT2D eigenvalue weighted by Gasteiger charge is -2.35. The molecule has 0 aliphatic carbocycles. The van der Waals surface area contributed by atoms with Crippen molar-refractivity contribution in [3.05, 3.63) is 0 Å². The van der Waals surface area contributed by atoms with Crippen LogP contribution in [0.25, 0.3) is 0 Å². The van der Waals surface area contributed by atoms with Gasteiger partial charge in [-0.05, 0) is 39.7 Å². The average Bonchev–Trinajstić information content (AvgIpc) is 2.35. The standard InChI is InChI=1S/C14H26N2O/c1-4-13-11-17-10-9-16(13)8-6-5-7-14(2,3)12-15/h13H,4-11H2,1-3H3. The van der Waals surface area contributed by atoms with Gasteiger partial charge in [-0.2, -0.15) is 5.26 Å². The molecule has 17 heavy (non-hydrogen) atoms. The minimum absolute atomic E-state index is 0.158. The highest BCUT2D eigenvalue weighted by Crippen LogP contribution is 2.22. The van der Waals surface area contributed by atoms with Crippen LogP contribution in [0.5, 0.6) is 0 Å². The van der Waals surface area contributed by atoms with E-state index in [-0.39, 0.29) is 5.41 Å². The smallest absolute Gasteiger partial charge is 0.0683 e. The van der Waals surface area contributed by atoms with Crippen molar-refractivity contribution in [2.24, 2.45) is 5.41 Å². The highest BCUT2D eigenvalue weighted by molar-refractivity contribution is 4.91. The van der Waals surface area contributed by atoms with Gasteiger partial charge in [-0.1, -0.05) is 13.3 Å². The fourth-order valence-corrected chi connectivity index (χ4v) is 2.30. The molecule has 0 amide bonds. The number of hydrogen-bond acceptors (Lipinski definition) is 3. The predicted molar refractivity (Wildman–Crippen MR) is 69.7 cm³/mol. The minimum atomic E-state index is -0.158. The van der Waals surface area contributed by atoms with E-state index in [2.05, 4.69) is 17.9 Å². The Kier molecular flexibility index (Phi) is 5.94. The first kappa shape index (κ1) is 14.5. The van der Waals surface area contributed by atoms with Crippen LogP contribution in [0.15, 0.2) is 0 Å². The van der Waals surface area contributed by atoms with Crippen LogP contribution >= 0.6 is 0 Å². The van der Waals surface area contributed by atoms with E-state index in [1.165, 1.54) is 12.8 Å². The molecule has 1 heterocycles. The van der Waals surface area contributed by atoms with Crippen molar-refractivity contribution in [2.45, 2.75) is 52.5 Å². The summed E-state index contributed by atoms with van der Waals surface area (Å²) < 4.78 is 5.50. The van der Waals surface area contributed by atoms with Crippen LogP contribution in [-0.2, 0) is 4.74 Å². The van der Waals surface area contributed by atoms with E-state index in [0.29, 0.717) is 6.04 Å². The quantitative estimate of drug-likeness (QED) is 0.668. The molecule has 98 valence electrons. The minimum Gasteiger partial charge on any atom is -0.378 e. The van der Waals surface area contributed by atoms with E-state index in [9.17, 15) is 0 Å². The van der Waals surface area contributed by atoms with Gasteiger partial charge in [0.25, 0.3) is 0 Å². The van der Waals surface area contributed by atoms with E-state index in [1.54, 1.807) is 0 Å². The van der Waals surface area contributed by atoms with Crippen molar-refractivity contribution in [1.82, 2.24) is 4.90 Å². The Morgan fingerprint density at radius 3 is 2.82 bits per heavy atom. The number of rotatable bonds is 6. The molecule has 1 unspecified atom stereocenters. The third-order valence-electron chi connectivity index (χ3n) is 3.62. The Labute approximate surface area is 106 Å². The second-order valence-electron chi connectivity index (χ2n) is 5.63. The molecule has 1 atom stereocenters. The molecular weight excluding hydrogens is 212 g/mol. The molecule has 3 heteroatoms. The van der Waals surface area contributed by atoms with Gasteiger partial charge in [0.1, 0.15) is 0 Å². The molecule has 0 radical (unpaired) electrons. The predicted octanol–water partition coefficient (Wildman–Crippen LogP) is 2.82. The van der Waals surface area contributed by atoms with Crippen LogP contribution in [0.1, 0.15) is 46.5 Å². The van der Waals surface area contributed by atoms with Gasteiger partial charge in [0.15, 0.2) is 0 Å². The number of ether oxygens (including phenoxy) is 1. The van der Waals surface area contributed by atoms with Gasteiger partial charge < -0.3 is 4.74 Å². The monoisotopic (exact) mass is 238 g/mol. The lowest BCUT2D eigenvalue weighted by Crippen LogP contribution is -2.45. The Morgan fingerprint density at radius 1 is 1.41 bits per heavy atom. The van der Waals surface area contributed by atoms with Crippen LogP contribution in [0.2, 0.25) is 0 Å². The van der Waals surface area contributed by atoms with Crippen molar-refractivity contribution < 1.29 is 4.74 Å². The van der Waals surface area contributed by atoms with E-state index in [4.69, 9.17) is 10.00 Å². The fraction of sp³-hybridized carbons (Fsp3) is 0.929. The van der Waals surface area contributed by atoms with E-state index in [0.717, 1.165) is 39.1 Å². The molecular formula is C14H26N2O. The largest absolute Gasteiger partial charge is 0.378 e. The third kappa shape index (κ3) is 5.06. The number of morpholine rings is 1. The SMILES string of the molecule is CCC1COCCN1CCCCC(C)(C)C#N. The van der Waals surface area contributed by atoms with E-state index in [1.807, 2.05) is 13.8 Å². The highest BCUT2D eigenvalue weighted by Gasteiger charge is 2.21. The fourth-order valence-electron chi connectivity index (χ4n) is 2.30. The van der Waals surface area contributed by atoms with Gasteiger partial charge in [0.2, 0.25) is 0 Å². The molecule has 0 aromatic rings. The van der Waals surface area contributed by atoms with Gasteiger partial charge in [0, 0.05) is 12.6 Å². The molecule has 0 aromatic carbocycles. The third-order valence-corrected chi connectivity index (χ3v) is 3.62. The summed E-state index contributed by atoms with van der Waals surface area (Å²) >= 11 is 0. The zero-order chi connectivity index (χ0) is 12.7. The Morgan fingerprint density at radius 2 is 2.18 bits per heavy atom. The van der Waals surface area contributed by atoms with Gasteiger partial charge in [0.05, 0.1) is 24.7 Å². The number of unbranched alkanes of at least 4 members (excludes halogenated alkanes) is 1. The molecule has 0 bridgehead atoms. The molecule has 3 nitrogen and oxygen atoms in total. The number of nitriles is 1. The van der Waals surface area contributed by atoms with E-state index >= 15 is 0 Å². The van der Waals surface area contributed by atoms with Crippen molar-refractivity contribution in [3.8, 4) is 6.07 Å². The molecule has 0 spiro atoms. The summed E-state index contributed by atoms with van der Waals surface area (Å²) in [4.78, 5) is 2.54. The lowest BCUT2D eigenvalue weighted by molar-refractivity contribution is -0.00932. The molecule has 0 N–H and O–H groups in total.